The summed E-state index contributed by atoms with van der Waals surface area (Å²) in [5.74, 6) is 0. The van der Waals surface area contributed by atoms with E-state index >= 15 is 0 Å². The molecule has 1 N–H and O–H groups in total. The van der Waals surface area contributed by atoms with Crippen LogP contribution >= 0.6 is 0 Å². The van der Waals surface area contributed by atoms with Gasteiger partial charge in [-0.25, -0.2) is 4.79 Å². The fourth-order valence-electron chi connectivity index (χ4n) is 1.43. The number of hydrogen-bond acceptors (Lipinski definition) is 2. The van der Waals surface area contributed by atoms with Gasteiger partial charge in [-0.15, -0.1) is 0 Å². The van der Waals surface area contributed by atoms with E-state index in [1.807, 2.05) is 13.8 Å². The minimum absolute atomic E-state index is 0.0186. The molecule has 1 atom stereocenters. The Hall–Kier alpha value is -1.26. The van der Waals surface area contributed by atoms with Crippen molar-refractivity contribution < 1.29 is 9.59 Å². The lowest BCUT2D eigenvalue weighted by molar-refractivity contribution is -0.119. The first-order valence-electron chi connectivity index (χ1n) is 5.42. The molecule has 1 aliphatic heterocycles. The lowest BCUT2D eigenvalue weighted by Crippen LogP contribution is -2.52. The van der Waals surface area contributed by atoms with E-state index < -0.39 is 0 Å². The van der Waals surface area contributed by atoms with Crippen molar-refractivity contribution in [2.75, 3.05) is 26.2 Å². The van der Waals surface area contributed by atoms with Crippen LogP contribution in [0, 0.1) is 0 Å². The summed E-state index contributed by atoms with van der Waals surface area (Å²) in [5.41, 5.74) is 0. The smallest absolute Gasteiger partial charge is 0.317 e. The SMILES string of the molecule is CC[C@@H](C)NC(=O)N1CCN(C=O)CC1. The monoisotopic (exact) mass is 213 g/mol. The topological polar surface area (TPSA) is 52.7 Å². The van der Waals surface area contributed by atoms with Crippen LogP contribution in [0.2, 0.25) is 0 Å². The number of piperazine rings is 1. The third-order valence-corrected chi connectivity index (χ3v) is 2.73. The highest BCUT2D eigenvalue weighted by Gasteiger charge is 2.20. The minimum atomic E-state index is -0.0186. The maximum Gasteiger partial charge on any atom is 0.317 e. The van der Waals surface area contributed by atoms with E-state index in [1.54, 1.807) is 9.80 Å². The van der Waals surface area contributed by atoms with Crippen LogP contribution in [0.3, 0.4) is 0 Å². The summed E-state index contributed by atoms with van der Waals surface area (Å²) in [6.45, 7) is 6.55. The van der Waals surface area contributed by atoms with Crippen LogP contribution in [-0.2, 0) is 4.79 Å². The molecule has 0 unspecified atom stereocenters. The predicted molar refractivity (Wildman–Crippen MR) is 57.5 cm³/mol. The molecule has 0 radical (unpaired) electrons. The molecule has 1 heterocycles. The fourth-order valence-corrected chi connectivity index (χ4v) is 1.43. The Kier molecular flexibility index (Phi) is 4.39. The van der Waals surface area contributed by atoms with Gasteiger partial charge in [-0.05, 0) is 13.3 Å². The number of nitrogens with zero attached hydrogens (tertiary/aromatic N) is 2. The molecule has 0 spiro atoms. The second-order valence-electron chi connectivity index (χ2n) is 3.89. The summed E-state index contributed by atoms with van der Waals surface area (Å²) in [6.07, 6.45) is 1.77. The van der Waals surface area contributed by atoms with Crippen LogP contribution < -0.4 is 5.32 Å². The molecule has 15 heavy (non-hydrogen) atoms. The van der Waals surface area contributed by atoms with Crippen LogP contribution in [-0.4, -0.2) is 54.5 Å². The summed E-state index contributed by atoms with van der Waals surface area (Å²) >= 11 is 0. The highest BCUT2D eigenvalue weighted by molar-refractivity contribution is 5.74. The molecule has 0 saturated carbocycles. The lowest BCUT2D eigenvalue weighted by atomic mass is 10.2. The van der Waals surface area contributed by atoms with E-state index in [0.717, 1.165) is 12.8 Å². The highest BCUT2D eigenvalue weighted by atomic mass is 16.2. The molecule has 1 rings (SSSR count). The Morgan fingerprint density at radius 2 is 2.00 bits per heavy atom. The molecule has 0 aromatic carbocycles. The molecule has 0 aromatic heterocycles. The molecule has 3 amide bonds. The third-order valence-electron chi connectivity index (χ3n) is 2.73. The van der Waals surface area contributed by atoms with E-state index in [1.165, 1.54) is 0 Å². The molecule has 5 nitrogen and oxygen atoms in total. The summed E-state index contributed by atoms with van der Waals surface area (Å²) in [5, 5.41) is 2.91. The highest BCUT2D eigenvalue weighted by Crippen LogP contribution is 2.00. The molecule has 0 aromatic rings. The quantitative estimate of drug-likeness (QED) is 0.684. The van der Waals surface area contributed by atoms with Crippen molar-refractivity contribution in [2.45, 2.75) is 26.3 Å². The Labute approximate surface area is 90.4 Å². The van der Waals surface area contributed by atoms with E-state index in [-0.39, 0.29) is 12.1 Å². The van der Waals surface area contributed by atoms with Crippen molar-refractivity contribution in [1.82, 2.24) is 15.1 Å². The Morgan fingerprint density at radius 3 is 2.47 bits per heavy atom. The summed E-state index contributed by atoms with van der Waals surface area (Å²) in [6, 6.07) is 0.191. The standard InChI is InChI=1S/C10H19N3O2/c1-3-9(2)11-10(15)13-6-4-12(8-14)5-7-13/h8-9H,3-7H2,1-2H3,(H,11,15)/t9-/m1/s1. The van der Waals surface area contributed by atoms with Crippen molar-refractivity contribution in [2.24, 2.45) is 0 Å². The van der Waals surface area contributed by atoms with E-state index in [4.69, 9.17) is 0 Å². The second-order valence-corrected chi connectivity index (χ2v) is 3.89. The largest absolute Gasteiger partial charge is 0.342 e. The molecule has 86 valence electrons. The van der Waals surface area contributed by atoms with Crippen LogP contribution in [0.1, 0.15) is 20.3 Å². The van der Waals surface area contributed by atoms with Crippen molar-refractivity contribution in [3.8, 4) is 0 Å². The molecular formula is C10H19N3O2. The number of rotatable bonds is 3. The zero-order valence-electron chi connectivity index (χ0n) is 9.40. The zero-order valence-corrected chi connectivity index (χ0v) is 9.40. The molecule has 5 heteroatoms. The fraction of sp³-hybridized carbons (Fsp3) is 0.800. The van der Waals surface area contributed by atoms with Crippen LogP contribution in [0.4, 0.5) is 4.79 Å². The average molecular weight is 213 g/mol. The van der Waals surface area contributed by atoms with Crippen molar-refractivity contribution >= 4 is 12.4 Å². The number of nitrogens with one attached hydrogen (secondary N) is 1. The van der Waals surface area contributed by atoms with Gasteiger partial charge >= 0.3 is 6.03 Å². The molecule has 1 fully saturated rings. The molecule has 1 aliphatic rings. The van der Waals surface area contributed by atoms with Crippen LogP contribution in [0.5, 0.6) is 0 Å². The number of urea groups is 1. The Morgan fingerprint density at radius 1 is 1.40 bits per heavy atom. The Balaban J connectivity index is 2.33. The lowest BCUT2D eigenvalue weighted by Gasteiger charge is -2.33. The third kappa shape index (κ3) is 3.42. The molecule has 0 aliphatic carbocycles. The summed E-state index contributed by atoms with van der Waals surface area (Å²) in [7, 11) is 0. The number of carbonyl (C=O) groups excluding carboxylic acids is 2. The van der Waals surface area contributed by atoms with Gasteiger partial charge in [-0.2, -0.15) is 0 Å². The summed E-state index contributed by atoms with van der Waals surface area (Å²) in [4.78, 5) is 25.6. The van der Waals surface area contributed by atoms with Crippen molar-refractivity contribution in [3.05, 3.63) is 0 Å². The summed E-state index contributed by atoms with van der Waals surface area (Å²) < 4.78 is 0. The Bertz CT molecular complexity index is 225. The maximum atomic E-state index is 11.7. The van der Waals surface area contributed by atoms with Gasteiger partial charge < -0.3 is 15.1 Å². The van der Waals surface area contributed by atoms with Crippen molar-refractivity contribution in [3.63, 3.8) is 0 Å². The number of carbonyl (C=O) groups is 2. The van der Waals surface area contributed by atoms with Gasteiger partial charge in [0.25, 0.3) is 0 Å². The second kappa shape index (κ2) is 5.58. The van der Waals surface area contributed by atoms with Gasteiger partial charge in [-0.1, -0.05) is 6.92 Å². The number of amides is 3. The van der Waals surface area contributed by atoms with Gasteiger partial charge in [0.15, 0.2) is 0 Å². The van der Waals surface area contributed by atoms with Gasteiger partial charge in [0.1, 0.15) is 0 Å². The predicted octanol–water partition coefficient (Wildman–Crippen LogP) is 0.269. The minimum Gasteiger partial charge on any atom is -0.342 e. The van der Waals surface area contributed by atoms with E-state index in [2.05, 4.69) is 5.32 Å². The molecule has 1 saturated heterocycles. The van der Waals surface area contributed by atoms with Crippen LogP contribution in [0.25, 0.3) is 0 Å². The first-order chi connectivity index (χ1) is 7.17. The van der Waals surface area contributed by atoms with Crippen molar-refractivity contribution in [1.29, 1.82) is 0 Å². The van der Waals surface area contributed by atoms with E-state index in [0.29, 0.717) is 26.2 Å². The first kappa shape index (κ1) is 11.8. The van der Waals surface area contributed by atoms with Gasteiger partial charge in [0, 0.05) is 32.2 Å². The van der Waals surface area contributed by atoms with E-state index in [9.17, 15) is 9.59 Å². The first-order valence-corrected chi connectivity index (χ1v) is 5.42. The molecule has 0 bridgehead atoms. The number of hydrogen-bond donors (Lipinski definition) is 1. The van der Waals surface area contributed by atoms with Gasteiger partial charge in [0.2, 0.25) is 6.41 Å². The molecular weight excluding hydrogens is 194 g/mol. The van der Waals surface area contributed by atoms with Gasteiger partial charge in [0.05, 0.1) is 0 Å². The van der Waals surface area contributed by atoms with Crippen LogP contribution in [0.15, 0.2) is 0 Å². The normalized spacial score (nSPS) is 18.5. The average Bonchev–Trinajstić information content (AvgIpc) is 2.29. The maximum absolute atomic E-state index is 11.7. The van der Waals surface area contributed by atoms with Gasteiger partial charge in [-0.3, -0.25) is 4.79 Å². The zero-order chi connectivity index (χ0) is 11.3.